The molecule has 2 aromatic rings. The van der Waals surface area contributed by atoms with E-state index in [1.165, 1.54) is 22.3 Å². The van der Waals surface area contributed by atoms with Gasteiger partial charge in [-0.15, -0.1) is 0 Å². The number of nitrogens with zero attached hydrogens (tertiary/aromatic N) is 1. The first-order valence-electron chi connectivity index (χ1n) is 8.32. The second-order valence-corrected chi connectivity index (χ2v) is 6.66. The molecule has 2 atom stereocenters. The minimum atomic E-state index is -0.0223. The topological polar surface area (TPSA) is 23.5 Å². The molecule has 0 unspecified atom stereocenters. The average molecular weight is 293 g/mol. The SMILES string of the molecule is C[C@]12c3ccccc3C[C@H](c3ccccc31)N2CCCCO. The third-order valence-corrected chi connectivity index (χ3v) is 5.56. The molecule has 2 nitrogen and oxygen atoms in total. The molecule has 0 aromatic heterocycles. The van der Waals surface area contributed by atoms with Crippen LogP contribution in [0.25, 0.3) is 0 Å². The van der Waals surface area contributed by atoms with E-state index >= 15 is 0 Å². The van der Waals surface area contributed by atoms with Crippen LogP contribution in [-0.2, 0) is 12.0 Å². The van der Waals surface area contributed by atoms with E-state index in [0.717, 1.165) is 25.8 Å². The van der Waals surface area contributed by atoms with E-state index in [1.54, 1.807) is 0 Å². The van der Waals surface area contributed by atoms with Crippen molar-refractivity contribution in [3.8, 4) is 0 Å². The van der Waals surface area contributed by atoms with Crippen molar-refractivity contribution in [3.05, 3.63) is 70.8 Å². The minimum Gasteiger partial charge on any atom is -0.396 e. The first kappa shape index (κ1) is 14.0. The molecule has 0 saturated carbocycles. The second kappa shape index (κ2) is 5.22. The molecule has 0 amide bonds. The minimum absolute atomic E-state index is 0.0223. The number of aliphatic hydroxyl groups is 1. The Morgan fingerprint density at radius 1 is 1.05 bits per heavy atom. The van der Waals surface area contributed by atoms with Gasteiger partial charge in [-0.3, -0.25) is 4.90 Å². The maximum Gasteiger partial charge on any atom is 0.0698 e. The number of hydrogen-bond acceptors (Lipinski definition) is 2. The Morgan fingerprint density at radius 3 is 2.59 bits per heavy atom. The van der Waals surface area contributed by atoms with E-state index in [0.29, 0.717) is 12.6 Å². The highest BCUT2D eigenvalue weighted by molar-refractivity contribution is 5.54. The Bertz CT molecular complexity index is 683. The standard InChI is InChI=1S/C20H23NO/c1-20-17-10-4-2-8-15(17)14-19(21(20)12-6-7-13-22)16-9-3-5-11-18(16)20/h2-5,8-11,19,22H,6-7,12-14H2,1H3/t19-,20+/m1/s1. The zero-order valence-electron chi connectivity index (χ0n) is 13.1. The number of unbranched alkanes of at least 4 members (excludes halogenated alkanes) is 1. The molecule has 0 fully saturated rings. The van der Waals surface area contributed by atoms with Gasteiger partial charge in [-0.2, -0.15) is 0 Å². The fraction of sp³-hybridized carbons (Fsp3) is 0.400. The molecule has 1 N–H and O–H groups in total. The largest absolute Gasteiger partial charge is 0.396 e. The smallest absolute Gasteiger partial charge is 0.0698 e. The van der Waals surface area contributed by atoms with Gasteiger partial charge in [-0.1, -0.05) is 48.5 Å². The van der Waals surface area contributed by atoms with Crippen LogP contribution in [0.1, 0.15) is 48.1 Å². The van der Waals surface area contributed by atoms with Crippen molar-refractivity contribution in [1.29, 1.82) is 0 Å². The van der Waals surface area contributed by atoms with Crippen LogP contribution in [0.15, 0.2) is 48.5 Å². The molecule has 0 aliphatic carbocycles. The van der Waals surface area contributed by atoms with Gasteiger partial charge in [0.15, 0.2) is 0 Å². The van der Waals surface area contributed by atoms with Crippen LogP contribution in [-0.4, -0.2) is 23.2 Å². The van der Waals surface area contributed by atoms with Gasteiger partial charge in [0.1, 0.15) is 0 Å². The van der Waals surface area contributed by atoms with Crippen molar-refractivity contribution < 1.29 is 5.11 Å². The van der Waals surface area contributed by atoms with E-state index in [4.69, 9.17) is 5.11 Å². The van der Waals surface area contributed by atoms with Gasteiger partial charge in [0, 0.05) is 19.2 Å². The molecule has 22 heavy (non-hydrogen) atoms. The van der Waals surface area contributed by atoms with Crippen LogP contribution >= 0.6 is 0 Å². The Hall–Kier alpha value is -1.64. The van der Waals surface area contributed by atoms with Crippen LogP contribution in [0.4, 0.5) is 0 Å². The van der Waals surface area contributed by atoms with Gasteiger partial charge >= 0.3 is 0 Å². The normalized spacial score (nSPS) is 25.8. The Labute approximate surface area is 132 Å². The van der Waals surface area contributed by atoms with E-state index in [9.17, 15) is 0 Å². The monoisotopic (exact) mass is 293 g/mol. The lowest BCUT2D eigenvalue weighted by molar-refractivity contribution is 0.0909. The van der Waals surface area contributed by atoms with Crippen LogP contribution in [0.2, 0.25) is 0 Å². The number of aliphatic hydroxyl groups excluding tert-OH is 1. The zero-order valence-corrected chi connectivity index (χ0v) is 13.1. The number of fused-ring (bicyclic) bond motifs is 7. The Kier molecular flexibility index (Phi) is 3.32. The first-order valence-corrected chi connectivity index (χ1v) is 8.32. The van der Waals surface area contributed by atoms with Gasteiger partial charge in [0.05, 0.1) is 5.54 Å². The van der Waals surface area contributed by atoms with Crippen molar-refractivity contribution in [3.63, 3.8) is 0 Å². The van der Waals surface area contributed by atoms with Crippen molar-refractivity contribution >= 4 is 0 Å². The average Bonchev–Trinajstić information content (AvgIpc) is 2.72. The predicted molar refractivity (Wildman–Crippen MR) is 88.8 cm³/mol. The molecule has 2 aliphatic rings. The van der Waals surface area contributed by atoms with Crippen LogP contribution < -0.4 is 0 Å². The lowest BCUT2D eigenvalue weighted by Crippen LogP contribution is -2.46. The summed E-state index contributed by atoms with van der Waals surface area (Å²) in [6.07, 6.45) is 3.04. The summed E-state index contributed by atoms with van der Waals surface area (Å²) in [7, 11) is 0. The summed E-state index contributed by atoms with van der Waals surface area (Å²) in [5.74, 6) is 0. The molecule has 0 saturated heterocycles. The molecule has 0 spiro atoms. The third-order valence-electron chi connectivity index (χ3n) is 5.56. The van der Waals surface area contributed by atoms with E-state index in [2.05, 4.69) is 60.4 Å². The predicted octanol–water partition coefficient (Wildman–Crippen LogP) is 3.64. The molecular weight excluding hydrogens is 270 g/mol. The lowest BCUT2D eigenvalue weighted by atomic mass is 9.80. The Morgan fingerprint density at radius 2 is 1.77 bits per heavy atom. The van der Waals surface area contributed by atoms with Gasteiger partial charge in [-0.25, -0.2) is 0 Å². The molecule has 2 aliphatic heterocycles. The quantitative estimate of drug-likeness (QED) is 0.870. The highest BCUT2D eigenvalue weighted by atomic mass is 16.2. The van der Waals surface area contributed by atoms with E-state index < -0.39 is 0 Å². The number of benzene rings is 2. The maximum absolute atomic E-state index is 9.12. The van der Waals surface area contributed by atoms with Crippen molar-refractivity contribution in [2.24, 2.45) is 0 Å². The van der Waals surface area contributed by atoms with Crippen molar-refractivity contribution in [2.75, 3.05) is 13.2 Å². The molecule has 2 bridgehead atoms. The van der Waals surface area contributed by atoms with E-state index in [1.807, 2.05) is 0 Å². The summed E-state index contributed by atoms with van der Waals surface area (Å²) < 4.78 is 0. The van der Waals surface area contributed by atoms with Gasteiger partial charge in [-0.05, 0) is 48.4 Å². The molecule has 2 heteroatoms. The summed E-state index contributed by atoms with van der Waals surface area (Å²) in [6.45, 7) is 3.71. The van der Waals surface area contributed by atoms with Crippen molar-refractivity contribution in [2.45, 2.75) is 37.8 Å². The second-order valence-electron chi connectivity index (χ2n) is 6.66. The summed E-state index contributed by atoms with van der Waals surface area (Å²) in [6, 6.07) is 18.3. The summed E-state index contributed by atoms with van der Waals surface area (Å²) in [5.41, 5.74) is 5.88. The third kappa shape index (κ3) is 1.81. The zero-order chi connectivity index (χ0) is 15.2. The highest BCUT2D eigenvalue weighted by Gasteiger charge is 2.51. The first-order chi connectivity index (χ1) is 10.8. The molecule has 4 rings (SSSR count). The van der Waals surface area contributed by atoms with E-state index in [-0.39, 0.29) is 5.54 Å². The van der Waals surface area contributed by atoms with Crippen LogP contribution in [0, 0.1) is 0 Å². The molecule has 0 radical (unpaired) electrons. The summed E-state index contributed by atoms with van der Waals surface area (Å²) >= 11 is 0. The Balaban J connectivity index is 1.84. The van der Waals surface area contributed by atoms with Crippen molar-refractivity contribution in [1.82, 2.24) is 4.90 Å². The summed E-state index contributed by atoms with van der Waals surface area (Å²) in [5, 5.41) is 9.12. The number of hydrogen-bond donors (Lipinski definition) is 1. The molecular formula is C20H23NO. The lowest BCUT2D eigenvalue weighted by Gasteiger charge is -2.44. The van der Waals surface area contributed by atoms with Gasteiger partial charge in [0.25, 0.3) is 0 Å². The fourth-order valence-corrected chi connectivity index (χ4v) is 4.54. The van der Waals surface area contributed by atoms with Crippen LogP contribution in [0.3, 0.4) is 0 Å². The molecule has 114 valence electrons. The maximum atomic E-state index is 9.12. The van der Waals surface area contributed by atoms with Gasteiger partial charge in [0.2, 0.25) is 0 Å². The van der Waals surface area contributed by atoms with Crippen LogP contribution in [0.5, 0.6) is 0 Å². The molecule has 2 heterocycles. The van der Waals surface area contributed by atoms with Gasteiger partial charge < -0.3 is 5.11 Å². The highest BCUT2D eigenvalue weighted by Crippen LogP contribution is 2.55. The number of rotatable bonds is 4. The fourth-order valence-electron chi connectivity index (χ4n) is 4.54. The summed E-state index contributed by atoms with van der Waals surface area (Å²) in [4.78, 5) is 2.66. The molecule has 2 aromatic carbocycles.